The zero-order valence-corrected chi connectivity index (χ0v) is 8.60. The molecule has 0 aliphatic heterocycles. The Kier molecular flexibility index (Phi) is 6.39. The van der Waals surface area contributed by atoms with E-state index in [1.54, 1.807) is 7.11 Å². The van der Waals surface area contributed by atoms with E-state index in [9.17, 15) is 0 Å². The molecule has 1 atom stereocenters. The lowest BCUT2D eigenvalue weighted by Gasteiger charge is -2.27. The van der Waals surface area contributed by atoms with Crippen LogP contribution in [-0.2, 0) is 4.74 Å². The number of rotatable bonds is 7. The molecule has 0 aromatic carbocycles. The third kappa shape index (κ3) is 4.73. The van der Waals surface area contributed by atoms with E-state index in [-0.39, 0.29) is 12.2 Å². The lowest BCUT2D eigenvalue weighted by Crippen LogP contribution is -2.28. The Labute approximate surface area is 75.9 Å². The molecule has 0 aromatic heterocycles. The maximum atomic E-state index is 8.81. The van der Waals surface area contributed by atoms with Crippen LogP contribution in [0.4, 0.5) is 0 Å². The zero-order valence-electron chi connectivity index (χ0n) is 8.60. The normalized spacial score (nSPS) is 16.0. The highest BCUT2D eigenvalue weighted by molar-refractivity contribution is 4.73. The Bertz CT molecular complexity index is 104. The number of aliphatic hydroxyl groups excluding tert-OH is 1. The van der Waals surface area contributed by atoms with E-state index in [1.165, 1.54) is 19.3 Å². The van der Waals surface area contributed by atoms with E-state index in [2.05, 4.69) is 13.8 Å². The van der Waals surface area contributed by atoms with E-state index in [0.29, 0.717) is 0 Å². The molecule has 0 rings (SSSR count). The highest BCUT2D eigenvalue weighted by atomic mass is 16.5. The average molecular weight is 174 g/mol. The van der Waals surface area contributed by atoms with Gasteiger partial charge in [0, 0.05) is 13.7 Å². The maximum Gasteiger partial charge on any atom is 0.0672 e. The van der Waals surface area contributed by atoms with Crippen LogP contribution in [0.2, 0.25) is 0 Å². The van der Waals surface area contributed by atoms with Crippen molar-refractivity contribution >= 4 is 0 Å². The van der Waals surface area contributed by atoms with Crippen molar-refractivity contribution in [3.05, 3.63) is 0 Å². The van der Waals surface area contributed by atoms with Crippen LogP contribution in [0.25, 0.3) is 0 Å². The van der Waals surface area contributed by atoms with Gasteiger partial charge in [-0.2, -0.15) is 0 Å². The fraction of sp³-hybridized carbons (Fsp3) is 1.00. The van der Waals surface area contributed by atoms with Crippen molar-refractivity contribution in [1.29, 1.82) is 0 Å². The van der Waals surface area contributed by atoms with Crippen molar-refractivity contribution in [2.45, 2.75) is 51.6 Å². The second-order valence-corrected chi connectivity index (χ2v) is 3.58. The van der Waals surface area contributed by atoms with Crippen LogP contribution < -0.4 is 0 Å². The van der Waals surface area contributed by atoms with E-state index >= 15 is 0 Å². The third-order valence-electron chi connectivity index (χ3n) is 2.44. The molecule has 0 aromatic rings. The van der Waals surface area contributed by atoms with Gasteiger partial charge in [0.2, 0.25) is 0 Å². The highest BCUT2D eigenvalue weighted by Crippen LogP contribution is 2.21. The molecule has 0 aliphatic carbocycles. The summed E-state index contributed by atoms with van der Waals surface area (Å²) in [5.74, 6) is 0. The minimum Gasteiger partial charge on any atom is -0.396 e. The summed E-state index contributed by atoms with van der Waals surface area (Å²) in [4.78, 5) is 0. The number of aliphatic hydroxyl groups is 1. The molecule has 0 radical (unpaired) electrons. The molecule has 0 heterocycles. The first-order valence-electron chi connectivity index (χ1n) is 4.84. The molecule has 0 fully saturated rings. The standard InChI is InChI=1S/C10H22O2/c1-4-5-6-7-10(2,12-3)8-9-11/h11H,4-9H2,1-3H3. The summed E-state index contributed by atoms with van der Waals surface area (Å²) in [7, 11) is 1.72. The van der Waals surface area contributed by atoms with E-state index in [1.807, 2.05) is 0 Å². The first-order valence-corrected chi connectivity index (χ1v) is 4.84. The number of ether oxygens (including phenoxy) is 1. The molecule has 0 saturated carbocycles. The van der Waals surface area contributed by atoms with Crippen LogP contribution in [0.1, 0.15) is 46.0 Å². The SMILES string of the molecule is CCCCCC(C)(CCO)OC. The van der Waals surface area contributed by atoms with Gasteiger partial charge in [-0.15, -0.1) is 0 Å². The summed E-state index contributed by atoms with van der Waals surface area (Å²) in [5.41, 5.74) is -0.107. The van der Waals surface area contributed by atoms with Crippen molar-refractivity contribution in [2.75, 3.05) is 13.7 Å². The van der Waals surface area contributed by atoms with Crippen LogP contribution in [-0.4, -0.2) is 24.4 Å². The van der Waals surface area contributed by atoms with Gasteiger partial charge in [0.15, 0.2) is 0 Å². The lowest BCUT2D eigenvalue weighted by molar-refractivity contribution is -0.0210. The monoisotopic (exact) mass is 174 g/mol. The Hall–Kier alpha value is -0.0800. The Balaban J connectivity index is 3.63. The Morgan fingerprint density at radius 2 is 1.92 bits per heavy atom. The Morgan fingerprint density at radius 3 is 2.33 bits per heavy atom. The quantitative estimate of drug-likeness (QED) is 0.600. The molecule has 1 N–H and O–H groups in total. The van der Waals surface area contributed by atoms with Gasteiger partial charge < -0.3 is 9.84 Å². The molecule has 0 amide bonds. The van der Waals surface area contributed by atoms with E-state index in [4.69, 9.17) is 9.84 Å². The van der Waals surface area contributed by atoms with Crippen molar-refractivity contribution in [1.82, 2.24) is 0 Å². The van der Waals surface area contributed by atoms with Gasteiger partial charge >= 0.3 is 0 Å². The predicted molar refractivity (Wildman–Crippen MR) is 51.3 cm³/mol. The van der Waals surface area contributed by atoms with Gasteiger partial charge in [-0.05, 0) is 19.8 Å². The van der Waals surface area contributed by atoms with Gasteiger partial charge in [0.05, 0.1) is 5.60 Å². The van der Waals surface area contributed by atoms with Crippen LogP contribution >= 0.6 is 0 Å². The minimum atomic E-state index is -0.107. The summed E-state index contributed by atoms with van der Waals surface area (Å²) in [5, 5.41) is 8.81. The van der Waals surface area contributed by atoms with Gasteiger partial charge in [0.1, 0.15) is 0 Å². The summed E-state index contributed by atoms with van der Waals surface area (Å²) in [6.45, 7) is 4.48. The molecule has 0 bridgehead atoms. The van der Waals surface area contributed by atoms with E-state index < -0.39 is 0 Å². The van der Waals surface area contributed by atoms with Gasteiger partial charge in [-0.3, -0.25) is 0 Å². The highest BCUT2D eigenvalue weighted by Gasteiger charge is 2.21. The number of hydrogen-bond donors (Lipinski definition) is 1. The van der Waals surface area contributed by atoms with Gasteiger partial charge in [-0.25, -0.2) is 0 Å². The maximum absolute atomic E-state index is 8.81. The van der Waals surface area contributed by atoms with Crippen molar-refractivity contribution in [3.8, 4) is 0 Å². The average Bonchev–Trinajstić information content (AvgIpc) is 2.06. The minimum absolute atomic E-state index is 0.107. The second-order valence-electron chi connectivity index (χ2n) is 3.58. The summed E-state index contributed by atoms with van der Waals surface area (Å²) < 4.78 is 5.36. The molecule has 0 saturated heterocycles. The molecule has 0 spiro atoms. The largest absolute Gasteiger partial charge is 0.396 e. The summed E-state index contributed by atoms with van der Waals surface area (Å²) >= 11 is 0. The Morgan fingerprint density at radius 1 is 1.25 bits per heavy atom. The van der Waals surface area contributed by atoms with Crippen LogP contribution in [0.15, 0.2) is 0 Å². The smallest absolute Gasteiger partial charge is 0.0672 e. The molecule has 0 aliphatic rings. The first-order chi connectivity index (χ1) is 5.68. The molecular weight excluding hydrogens is 152 g/mol. The van der Waals surface area contributed by atoms with Crippen LogP contribution in [0.3, 0.4) is 0 Å². The van der Waals surface area contributed by atoms with Gasteiger partial charge in [-0.1, -0.05) is 26.2 Å². The first kappa shape index (κ1) is 11.9. The molecular formula is C10H22O2. The predicted octanol–water partition coefficient (Wildman–Crippen LogP) is 2.35. The zero-order chi connectivity index (χ0) is 9.45. The summed E-state index contributed by atoms with van der Waals surface area (Å²) in [6.07, 6.45) is 5.48. The molecule has 74 valence electrons. The fourth-order valence-corrected chi connectivity index (χ4v) is 1.31. The fourth-order valence-electron chi connectivity index (χ4n) is 1.31. The van der Waals surface area contributed by atoms with Crippen LogP contribution in [0.5, 0.6) is 0 Å². The molecule has 2 nitrogen and oxygen atoms in total. The van der Waals surface area contributed by atoms with Gasteiger partial charge in [0.25, 0.3) is 0 Å². The van der Waals surface area contributed by atoms with Crippen molar-refractivity contribution < 1.29 is 9.84 Å². The van der Waals surface area contributed by atoms with Crippen molar-refractivity contribution in [2.24, 2.45) is 0 Å². The number of methoxy groups -OCH3 is 1. The molecule has 2 heteroatoms. The second kappa shape index (κ2) is 6.44. The topological polar surface area (TPSA) is 29.5 Å². The van der Waals surface area contributed by atoms with Crippen LogP contribution in [0, 0.1) is 0 Å². The van der Waals surface area contributed by atoms with Crippen molar-refractivity contribution in [3.63, 3.8) is 0 Å². The molecule has 12 heavy (non-hydrogen) atoms. The summed E-state index contributed by atoms with van der Waals surface area (Å²) in [6, 6.07) is 0. The lowest BCUT2D eigenvalue weighted by atomic mass is 9.95. The third-order valence-corrected chi connectivity index (χ3v) is 2.44. The molecule has 1 unspecified atom stereocenters. The number of unbranched alkanes of at least 4 members (excludes halogenated alkanes) is 2. The number of hydrogen-bond acceptors (Lipinski definition) is 2. The van der Waals surface area contributed by atoms with E-state index in [0.717, 1.165) is 12.8 Å².